The number of nitriles is 1. The number of anilines is 1. The second-order valence-electron chi connectivity index (χ2n) is 2.95. The predicted molar refractivity (Wildman–Crippen MR) is 63.4 cm³/mol. The normalized spacial score (nSPS) is 10.3. The maximum Gasteiger partial charge on any atom is 0.326 e. The first-order valence-electron chi connectivity index (χ1n) is 4.57. The van der Waals surface area contributed by atoms with E-state index >= 15 is 0 Å². The van der Waals surface area contributed by atoms with Crippen molar-refractivity contribution in [2.75, 3.05) is 5.32 Å². The predicted octanol–water partition coefficient (Wildman–Crippen LogP) is 1.34. The summed E-state index contributed by atoms with van der Waals surface area (Å²) in [5.41, 5.74) is -0.534. The van der Waals surface area contributed by atoms with Crippen molar-refractivity contribution in [2.24, 2.45) is 5.16 Å². The molecule has 0 spiro atoms. The summed E-state index contributed by atoms with van der Waals surface area (Å²) in [5.74, 6) is -1.12. The van der Waals surface area contributed by atoms with E-state index in [1.54, 1.807) is 23.5 Å². The van der Waals surface area contributed by atoms with E-state index in [1.165, 1.54) is 12.1 Å². The van der Waals surface area contributed by atoms with Crippen LogP contribution in [-0.4, -0.2) is 22.9 Å². The molecular weight excluding hydrogens is 260 g/mol. The zero-order valence-corrected chi connectivity index (χ0v) is 9.60. The van der Waals surface area contributed by atoms with E-state index in [4.69, 9.17) is 22.1 Å². The highest BCUT2D eigenvalue weighted by Gasteiger charge is 2.15. The van der Waals surface area contributed by atoms with E-state index < -0.39 is 17.6 Å². The second-order valence-corrected chi connectivity index (χ2v) is 3.36. The highest BCUT2D eigenvalue weighted by atomic mass is 35.5. The number of rotatable bonds is 2. The Bertz CT molecular complexity index is 550. The zero-order valence-electron chi connectivity index (χ0n) is 8.85. The number of nitrogens with one attached hydrogen (secondary N) is 2. The van der Waals surface area contributed by atoms with Crippen LogP contribution >= 0.6 is 11.6 Å². The Hall–Kier alpha value is -2.59. The minimum atomic E-state index is -1.12. The van der Waals surface area contributed by atoms with Gasteiger partial charge >= 0.3 is 6.03 Å². The number of halogens is 1. The number of benzene rings is 1. The third-order valence-electron chi connectivity index (χ3n) is 1.77. The third kappa shape index (κ3) is 3.47. The van der Waals surface area contributed by atoms with Gasteiger partial charge in [-0.05, 0) is 12.1 Å². The number of amides is 3. The summed E-state index contributed by atoms with van der Waals surface area (Å²) in [6, 6.07) is 6.80. The van der Waals surface area contributed by atoms with Crippen molar-refractivity contribution in [3.8, 4) is 6.07 Å². The van der Waals surface area contributed by atoms with Gasteiger partial charge in [0.15, 0.2) is 0 Å². The lowest BCUT2D eigenvalue weighted by Gasteiger charge is -2.06. The van der Waals surface area contributed by atoms with Gasteiger partial charge in [0.1, 0.15) is 6.07 Å². The number of oxime groups is 1. The number of hydrogen-bond donors (Lipinski definition) is 3. The zero-order chi connectivity index (χ0) is 13.5. The summed E-state index contributed by atoms with van der Waals surface area (Å²) in [7, 11) is 0. The standard InChI is InChI=1S/C10H7ClN4O3/c11-6-3-1-2-4-7(6)13-10(17)14-9(16)8(5-12)15-18/h1-4,18H,(H2,13,14,16,17). The molecule has 92 valence electrons. The minimum Gasteiger partial charge on any atom is -0.410 e. The van der Waals surface area contributed by atoms with Gasteiger partial charge in [-0.3, -0.25) is 10.1 Å². The number of para-hydroxylation sites is 1. The monoisotopic (exact) mass is 266 g/mol. The van der Waals surface area contributed by atoms with E-state index in [2.05, 4.69) is 10.5 Å². The van der Waals surface area contributed by atoms with Crippen LogP contribution in [0.4, 0.5) is 10.5 Å². The van der Waals surface area contributed by atoms with Gasteiger partial charge in [-0.15, -0.1) is 0 Å². The first-order valence-corrected chi connectivity index (χ1v) is 4.95. The molecule has 18 heavy (non-hydrogen) atoms. The van der Waals surface area contributed by atoms with E-state index in [0.717, 1.165) is 0 Å². The molecule has 8 heteroatoms. The van der Waals surface area contributed by atoms with E-state index in [1.807, 2.05) is 0 Å². The molecule has 0 unspecified atom stereocenters. The quantitative estimate of drug-likeness (QED) is 0.426. The molecule has 0 heterocycles. The average molecular weight is 267 g/mol. The van der Waals surface area contributed by atoms with Crippen LogP contribution in [0.3, 0.4) is 0 Å². The summed E-state index contributed by atoms with van der Waals surface area (Å²) >= 11 is 5.78. The molecule has 3 amide bonds. The summed E-state index contributed by atoms with van der Waals surface area (Å²) in [4.78, 5) is 22.5. The minimum absolute atomic E-state index is 0.288. The fraction of sp³-hybridized carbons (Fsp3) is 0. The Kier molecular flexibility index (Phi) is 4.66. The highest BCUT2D eigenvalue weighted by Crippen LogP contribution is 2.19. The molecule has 1 rings (SSSR count). The molecule has 0 saturated heterocycles. The smallest absolute Gasteiger partial charge is 0.326 e. The van der Waals surface area contributed by atoms with E-state index in [-0.39, 0.29) is 5.02 Å². The van der Waals surface area contributed by atoms with Crippen molar-refractivity contribution in [2.45, 2.75) is 0 Å². The van der Waals surface area contributed by atoms with Crippen LogP contribution in [0.2, 0.25) is 5.02 Å². The Morgan fingerprint density at radius 1 is 1.39 bits per heavy atom. The maximum atomic E-state index is 11.4. The van der Waals surface area contributed by atoms with Crippen molar-refractivity contribution >= 4 is 34.9 Å². The van der Waals surface area contributed by atoms with Gasteiger partial charge < -0.3 is 10.5 Å². The van der Waals surface area contributed by atoms with Crippen molar-refractivity contribution in [1.82, 2.24) is 5.32 Å². The summed E-state index contributed by atoms with van der Waals surface area (Å²) < 4.78 is 0. The number of imide groups is 1. The topological polar surface area (TPSA) is 115 Å². The molecule has 7 nitrogen and oxygen atoms in total. The molecule has 0 aromatic heterocycles. The molecule has 0 aliphatic rings. The summed E-state index contributed by atoms with van der Waals surface area (Å²) in [6.45, 7) is 0. The maximum absolute atomic E-state index is 11.4. The first-order chi connectivity index (χ1) is 8.58. The molecular formula is C10H7ClN4O3. The number of carbonyl (C=O) groups is 2. The van der Waals surface area contributed by atoms with Gasteiger partial charge in [0.2, 0.25) is 5.71 Å². The van der Waals surface area contributed by atoms with Crippen molar-refractivity contribution < 1.29 is 14.8 Å². The Morgan fingerprint density at radius 2 is 2.06 bits per heavy atom. The van der Waals surface area contributed by atoms with Gasteiger partial charge in [0, 0.05) is 0 Å². The molecule has 3 N–H and O–H groups in total. The van der Waals surface area contributed by atoms with Gasteiger partial charge in [0.05, 0.1) is 10.7 Å². The SMILES string of the molecule is N#CC(=NO)C(=O)NC(=O)Nc1ccccc1Cl. The van der Waals surface area contributed by atoms with Crippen LogP contribution in [0.5, 0.6) is 0 Å². The molecule has 0 aliphatic heterocycles. The molecule has 0 bridgehead atoms. The Labute approximate surface area is 107 Å². The second kappa shape index (κ2) is 6.22. The lowest BCUT2D eigenvalue weighted by molar-refractivity contribution is -0.113. The lowest BCUT2D eigenvalue weighted by atomic mass is 10.3. The van der Waals surface area contributed by atoms with Crippen molar-refractivity contribution in [3.05, 3.63) is 29.3 Å². The number of carbonyl (C=O) groups excluding carboxylic acids is 2. The van der Waals surface area contributed by atoms with Gasteiger partial charge in [0.25, 0.3) is 5.91 Å². The third-order valence-corrected chi connectivity index (χ3v) is 2.10. The summed E-state index contributed by atoms with van der Waals surface area (Å²) in [6.07, 6.45) is 0. The fourth-order valence-corrected chi connectivity index (χ4v) is 1.18. The summed E-state index contributed by atoms with van der Waals surface area (Å²) in [5, 5.41) is 23.5. The number of urea groups is 1. The van der Waals surface area contributed by atoms with E-state index in [9.17, 15) is 9.59 Å². The van der Waals surface area contributed by atoms with E-state index in [0.29, 0.717) is 5.69 Å². The van der Waals surface area contributed by atoms with Crippen LogP contribution in [0.1, 0.15) is 0 Å². The number of hydrogen-bond acceptors (Lipinski definition) is 5. The van der Waals surface area contributed by atoms with Crippen LogP contribution in [0.15, 0.2) is 29.4 Å². The number of nitrogens with zero attached hydrogens (tertiary/aromatic N) is 2. The molecule has 0 fully saturated rings. The highest BCUT2D eigenvalue weighted by molar-refractivity contribution is 6.47. The van der Waals surface area contributed by atoms with Crippen LogP contribution < -0.4 is 10.6 Å². The average Bonchev–Trinajstić information content (AvgIpc) is 2.33. The van der Waals surface area contributed by atoms with Crippen LogP contribution in [-0.2, 0) is 4.79 Å². The van der Waals surface area contributed by atoms with Crippen molar-refractivity contribution in [1.29, 1.82) is 5.26 Å². The first kappa shape index (κ1) is 13.5. The molecule has 0 atom stereocenters. The Balaban J connectivity index is 2.67. The largest absolute Gasteiger partial charge is 0.410 e. The van der Waals surface area contributed by atoms with Gasteiger partial charge in [-0.25, -0.2) is 4.79 Å². The molecule has 1 aromatic rings. The Morgan fingerprint density at radius 3 is 2.61 bits per heavy atom. The van der Waals surface area contributed by atoms with Crippen LogP contribution in [0.25, 0.3) is 0 Å². The molecule has 1 aromatic carbocycles. The van der Waals surface area contributed by atoms with Gasteiger partial charge in [-0.1, -0.05) is 28.9 Å². The lowest BCUT2D eigenvalue weighted by Crippen LogP contribution is -2.38. The fourth-order valence-electron chi connectivity index (χ4n) is 0.997. The molecule has 0 saturated carbocycles. The van der Waals surface area contributed by atoms with Gasteiger partial charge in [-0.2, -0.15) is 5.26 Å². The van der Waals surface area contributed by atoms with Crippen molar-refractivity contribution in [3.63, 3.8) is 0 Å². The molecule has 0 radical (unpaired) electrons. The molecule has 0 aliphatic carbocycles. The van der Waals surface area contributed by atoms with Crippen LogP contribution in [0, 0.1) is 11.3 Å².